The van der Waals surface area contributed by atoms with Gasteiger partial charge < -0.3 is 9.84 Å². The van der Waals surface area contributed by atoms with E-state index < -0.39 is 6.10 Å². The van der Waals surface area contributed by atoms with Crippen LogP contribution in [-0.4, -0.2) is 21.5 Å². The van der Waals surface area contributed by atoms with Gasteiger partial charge in [-0.25, -0.2) is 0 Å². The number of aliphatic hydroxyl groups excluding tert-OH is 1. The van der Waals surface area contributed by atoms with E-state index in [1.54, 1.807) is 10.9 Å². The van der Waals surface area contributed by atoms with Gasteiger partial charge in [0.1, 0.15) is 6.10 Å². The molecule has 1 aliphatic heterocycles. The van der Waals surface area contributed by atoms with Crippen molar-refractivity contribution >= 4 is 0 Å². The van der Waals surface area contributed by atoms with Gasteiger partial charge in [0, 0.05) is 24.2 Å². The Labute approximate surface area is 108 Å². The monoisotopic (exact) mass is 250 g/mol. The Hall–Kier alpha value is -1.29. The normalized spacial score (nSPS) is 18.2. The third kappa shape index (κ3) is 2.58. The van der Waals surface area contributed by atoms with E-state index >= 15 is 0 Å². The molecule has 0 spiro atoms. The van der Waals surface area contributed by atoms with Crippen molar-refractivity contribution in [2.75, 3.05) is 6.61 Å². The van der Waals surface area contributed by atoms with Crippen LogP contribution >= 0.6 is 0 Å². The molecule has 2 rings (SSSR count). The highest BCUT2D eigenvalue weighted by Gasteiger charge is 2.28. The molecule has 2 heterocycles. The fourth-order valence-corrected chi connectivity index (χ4v) is 2.28. The van der Waals surface area contributed by atoms with Crippen LogP contribution in [0, 0.1) is 0 Å². The van der Waals surface area contributed by atoms with Gasteiger partial charge in [0.15, 0.2) is 0 Å². The fourth-order valence-electron chi connectivity index (χ4n) is 2.28. The molecule has 0 fully saturated rings. The minimum absolute atomic E-state index is 0.0757. The van der Waals surface area contributed by atoms with Crippen molar-refractivity contribution in [3.8, 4) is 0 Å². The summed E-state index contributed by atoms with van der Waals surface area (Å²) in [5.41, 5.74) is 2.71. The minimum Gasteiger partial charge on any atom is -0.501 e. The Bertz CT molecular complexity index is 455. The number of aryl methyl sites for hydroxylation is 1. The summed E-state index contributed by atoms with van der Waals surface area (Å²) in [4.78, 5) is 0. The van der Waals surface area contributed by atoms with Crippen LogP contribution in [0.4, 0.5) is 0 Å². The zero-order valence-corrected chi connectivity index (χ0v) is 11.6. The van der Waals surface area contributed by atoms with E-state index in [2.05, 4.69) is 25.9 Å². The van der Waals surface area contributed by atoms with E-state index in [0.29, 0.717) is 0 Å². The first-order valence-electron chi connectivity index (χ1n) is 6.42. The lowest BCUT2D eigenvalue weighted by molar-refractivity contribution is 0.169. The predicted octanol–water partition coefficient (Wildman–Crippen LogP) is 2.45. The van der Waals surface area contributed by atoms with Crippen LogP contribution in [0.2, 0.25) is 0 Å². The molecule has 0 aromatic carbocycles. The van der Waals surface area contributed by atoms with E-state index in [4.69, 9.17) is 4.74 Å². The third-order valence-corrected chi connectivity index (χ3v) is 3.18. The summed E-state index contributed by atoms with van der Waals surface area (Å²) < 4.78 is 7.07. The van der Waals surface area contributed by atoms with E-state index in [9.17, 15) is 5.11 Å². The largest absolute Gasteiger partial charge is 0.501 e. The van der Waals surface area contributed by atoms with E-state index in [-0.39, 0.29) is 5.41 Å². The molecule has 0 bridgehead atoms. The molecular weight excluding hydrogens is 228 g/mol. The maximum atomic E-state index is 10.5. The Morgan fingerprint density at radius 3 is 2.72 bits per heavy atom. The lowest BCUT2D eigenvalue weighted by Crippen LogP contribution is -2.17. The predicted molar refractivity (Wildman–Crippen MR) is 70.1 cm³/mol. The average molecular weight is 250 g/mol. The van der Waals surface area contributed by atoms with Gasteiger partial charge in [-0.3, -0.25) is 4.68 Å². The standard InChI is InChI=1S/C14H22N2O2/c1-14(2,3)13-11(8-16(4)15-13)12(17)10-6-5-7-18-9-10/h8-9,12,17H,5-7H2,1-4H3. The molecule has 0 saturated carbocycles. The van der Waals surface area contributed by atoms with Crippen molar-refractivity contribution in [2.45, 2.75) is 45.1 Å². The topological polar surface area (TPSA) is 47.3 Å². The first kappa shape index (κ1) is 13.1. The summed E-state index contributed by atoms with van der Waals surface area (Å²) in [6.07, 6.45) is 4.86. The lowest BCUT2D eigenvalue weighted by atomic mass is 9.86. The van der Waals surface area contributed by atoms with Gasteiger partial charge in [-0.05, 0) is 18.4 Å². The second-order valence-electron chi connectivity index (χ2n) is 5.93. The summed E-state index contributed by atoms with van der Waals surface area (Å²) in [5, 5.41) is 15.0. The molecule has 1 aromatic rings. The molecule has 4 nitrogen and oxygen atoms in total. The highest BCUT2D eigenvalue weighted by molar-refractivity contribution is 5.32. The molecule has 100 valence electrons. The molecule has 18 heavy (non-hydrogen) atoms. The molecule has 0 saturated heterocycles. The molecule has 0 amide bonds. The van der Waals surface area contributed by atoms with E-state index in [1.165, 1.54) is 0 Å². The Morgan fingerprint density at radius 1 is 1.44 bits per heavy atom. The molecule has 1 aromatic heterocycles. The Balaban J connectivity index is 2.35. The van der Waals surface area contributed by atoms with Crippen LogP contribution < -0.4 is 0 Å². The first-order chi connectivity index (χ1) is 8.39. The van der Waals surface area contributed by atoms with Crippen molar-refractivity contribution in [3.05, 3.63) is 29.3 Å². The number of rotatable bonds is 2. The summed E-state index contributed by atoms with van der Waals surface area (Å²) >= 11 is 0. The van der Waals surface area contributed by atoms with E-state index in [0.717, 1.165) is 36.3 Å². The lowest BCUT2D eigenvalue weighted by Gasteiger charge is -2.22. The van der Waals surface area contributed by atoms with Gasteiger partial charge in [-0.1, -0.05) is 20.8 Å². The summed E-state index contributed by atoms with van der Waals surface area (Å²) in [5.74, 6) is 0. The van der Waals surface area contributed by atoms with Crippen molar-refractivity contribution < 1.29 is 9.84 Å². The summed E-state index contributed by atoms with van der Waals surface area (Å²) in [6, 6.07) is 0. The van der Waals surface area contributed by atoms with Crippen LogP contribution in [0.15, 0.2) is 18.0 Å². The zero-order valence-electron chi connectivity index (χ0n) is 11.6. The van der Waals surface area contributed by atoms with Crippen LogP contribution in [0.1, 0.15) is 51.0 Å². The summed E-state index contributed by atoms with van der Waals surface area (Å²) in [6.45, 7) is 7.07. The van der Waals surface area contributed by atoms with E-state index in [1.807, 2.05) is 13.2 Å². The molecule has 1 N–H and O–H groups in total. The minimum atomic E-state index is -0.603. The molecule has 1 atom stereocenters. The van der Waals surface area contributed by atoms with Gasteiger partial charge >= 0.3 is 0 Å². The van der Waals surface area contributed by atoms with Crippen LogP contribution in [-0.2, 0) is 17.2 Å². The number of nitrogens with zero attached hydrogens (tertiary/aromatic N) is 2. The van der Waals surface area contributed by atoms with Crippen LogP contribution in [0.25, 0.3) is 0 Å². The molecule has 0 radical (unpaired) electrons. The molecule has 1 unspecified atom stereocenters. The molecule has 0 aliphatic carbocycles. The highest BCUT2D eigenvalue weighted by atomic mass is 16.5. The third-order valence-electron chi connectivity index (χ3n) is 3.18. The maximum absolute atomic E-state index is 10.5. The molecule has 4 heteroatoms. The highest BCUT2D eigenvalue weighted by Crippen LogP contribution is 2.34. The Morgan fingerprint density at radius 2 is 2.17 bits per heavy atom. The van der Waals surface area contributed by atoms with Gasteiger partial charge in [-0.15, -0.1) is 0 Å². The Kier molecular flexibility index (Phi) is 3.48. The van der Waals surface area contributed by atoms with Gasteiger partial charge in [0.25, 0.3) is 0 Å². The summed E-state index contributed by atoms with van der Waals surface area (Å²) in [7, 11) is 1.89. The van der Waals surface area contributed by atoms with Crippen molar-refractivity contribution in [3.63, 3.8) is 0 Å². The number of aromatic nitrogens is 2. The van der Waals surface area contributed by atoms with Crippen LogP contribution in [0.3, 0.4) is 0 Å². The van der Waals surface area contributed by atoms with Gasteiger partial charge in [0.05, 0.1) is 18.6 Å². The van der Waals surface area contributed by atoms with Gasteiger partial charge in [-0.2, -0.15) is 5.10 Å². The number of aliphatic hydroxyl groups is 1. The number of ether oxygens (including phenoxy) is 1. The zero-order chi connectivity index (χ0) is 13.3. The SMILES string of the molecule is Cn1cc(C(O)C2=COCCC2)c(C(C)(C)C)n1. The van der Waals surface area contributed by atoms with Gasteiger partial charge in [0.2, 0.25) is 0 Å². The van der Waals surface area contributed by atoms with Crippen molar-refractivity contribution in [2.24, 2.45) is 7.05 Å². The fraction of sp³-hybridized carbons (Fsp3) is 0.643. The smallest absolute Gasteiger partial charge is 0.107 e. The average Bonchev–Trinajstić information content (AvgIpc) is 2.71. The second kappa shape index (κ2) is 4.76. The first-order valence-corrected chi connectivity index (χ1v) is 6.42. The molecular formula is C14H22N2O2. The van der Waals surface area contributed by atoms with Crippen LogP contribution in [0.5, 0.6) is 0 Å². The molecule has 1 aliphatic rings. The quantitative estimate of drug-likeness (QED) is 0.877. The van der Waals surface area contributed by atoms with Crippen molar-refractivity contribution in [1.82, 2.24) is 9.78 Å². The maximum Gasteiger partial charge on any atom is 0.107 e. The number of hydrogen-bond donors (Lipinski definition) is 1. The van der Waals surface area contributed by atoms with Crippen molar-refractivity contribution in [1.29, 1.82) is 0 Å². The second-order valence-corrected chi connectivity index (χ2v) is 5.93. The number of hydrogen-bond acceptors (Lipinski definition) is 3.